The van der Waals surface area contributed by atoms with Crippen LogP contribution in [0.1, 0.15) is 5.56 Å². The van der Waals surface area contributed by atoms with Crippen molar-refractivity contribution >= 4 is 49.0 Å². The first-order valence-electron chi connectivity index (χ1n) is 10.6. The van der Waals surface area contributed by atoms with Crippen LogP contribution in [0.3, 0.4) is 0 Å². The Hall–Kier alpha value is -3.10. The van der Waals surface area contributed by atoms with Crippen molar-refractivity contribution in [3.05, 3.63) is 96.7 Å². The van der Waals surface area contributed by atoms with Crippen molar-refractivity contribution in [2.75, 3.05) is 6.54 Å². The molecule has 6 nitrogen and oxygen atoms in total. The third-order valence-corrected chi connectivity index (χ3v) is 17.4. The van der Waals surface area contributed by atoms with Gasteiger partial charge in [0, 0.05) is 0 Å². The summed E-state index contributed by atoms with van der Waals surface area (Å²) in [6.07, 6.45) is 2.27. The first kappa shape index (κ1) is 20.8. The number of aromatic nitrogens is 1. The predicted octanol–water partition coefficient (Wildman–Crippen LogP) is 1.68. The Balaban J connectivity index is 1.67. The van der Waals surface area contributed by atoms with E-state index >= 15 is 0 Å². The molecule has 32 heavy (non-hydrogen) atoms. The molecule has 5 rings (SSSR count). The summed E-state index contributed by atoms with van der Waals surface area (Å²) < 4.78 is 9.89. The Morgan fingerprint density at radius 3 is 2.16 bits per heavy atom. The zero-order chi connectivity index (χ0) is 22.1. The maximum atomic E-state index is 13.4. The van der Waals surface area contributed by atoms with Crippen LogP contribution < -0.4 is 12.9 Å². The summed E-state index contributed by atoms with van der Waals surface area (Å²) in [7, 11) is 0. The van der Waals surface area contributed by atoms with E-state index in [1.807, 2.05) is 91.1 Å². The molecule has 2 heterocycles. The summed E-state index contributed by atoms with van der Waals surface area (Å²) in [6, 6.07) is 26.6. The van der Waals surface area contributed by atoms with Crippen molar-refractivity contribution in [2.45, 2.75) is 12.5 Å². The van der Waals surface area contributed by atoms with Crippen LogP contribution in [0.5, 0.6) is 0 Å². The molecule has 1 aliphatic heterocycles. The molecule has 1 amide bonds. The van der Waals surface area contributed by atoms with E-state index in [0.717, 1.165) is 23.6 Å². The summed E-state index contributed by atoms with van der Waals surface area (Å²) in [5.74, 6) is -0.621. The van der Waals surface area contributed by atoms with Gasteiger partial charge in [0.2, 0.25) is 0 Å². The van der Waals surface area contributed by atoms with Gasteiger partial charge >= 0.3 is 191 Å². The fourth-order valence-electron chi connectivity index (χ4n) is 4.61. The van der Waals surface area contributed by atoms with E-state index in [1.165, 1.54) is 0 Å². The number of nitrogens with zero attached hydrogens (tertiary/aromatic N) is 1. The molecule has 7 heteroatoms. The fourth-order valence-corrected chi connectivity index (χ4v) is 16.1. The maximum absolute atomic E-state index is 13.4. The number of amides is 1. The molecular formula is C25H23N3O3Sn. The van der Waals surface area contributed by atoms with Crippen molar-refractivity contribution < 1.29 is 12.7 Å². The third-order valence-electron chi connectivity index (χ3n) is 6.03. The minimum absolute atomic E-state index is 0.181. The van der Waals surface area contributed by atoms with Gasteiger partial charge in [-0.05, 0) is 0 Å². The Kier molecular flexibility index (Phi) is 5.48. The van der Waals surface area contributed by atoms with Gasteiger partial charge < -0.3 is 0 Å². The SMILES string of the molecule is NCC(=O)[N]1[C@@H](Cc2c[nH]c3ccccc23)C(=O)[O][Sn]1([c]1ccccc1)[c]1ccccc1. The van der Waals surface area contributed by atoms with Crippen LogP contribution >= 0.6 is 0 Å². The van der Waals surface area contributed by atoms with E-state index in [-0.39, 0.29) is 18.4 Å². The van der Waals surface area contributed by atoms with Crippen LogP contribution in [-0.2, 0) is 19.1 Å². The number of hydrogen-bond donors (Lipinski definition) is 2. The third kappa shape index (κ3) is 3.30. The Morgan fingerprint density at radius 2 is 1.53 bits per heavy atom. The summed E-state index contributed by atoms with van der Waals surface area (Å²) in [6.45, 7) is -0.181. The van der Waals surface area contributed by atoms with Gasteiger partial charge in [-0.25, -0.2) is 0 Å². The van der Waals surface area contributed by atoms with Crippen LogP contribution in [0.2, 0.25) is 0 Å². The number of para-hydroxylation sites is 1. The average molecular weight is 532 g/mol. The van der Waals surface area contributed by atoms with E-state index < -0.39 is 25.1 Å². The van der Waals surface area contributed by atoms with Crippen LogP contribution in [0.25, 0.3) is 10.9 Å². The quantitative estimate of drug-likeness (QED) is 0.383. The second-order valence-corrected chi connectivity index (χ2v) is 16.8. The first-order chi connectivity index (χ1) is 15.6. The van der Waals surface area contributed by atoms with Gasteiger partial charge in [0.15, 0.2) is 0 Å². The number of H-pyrrole nitrogens is 1. The van der Waals surface area contributed by atoms with E-state index in [9.17, 15) is 9.59 Å². The molecule has 3 aromatic carbocycles. The van der Waals surface area contributed by atoms with Gasteiger partial charge in [-0.2, -0.15) is 0 Å². The molecule has 1 saturated heterocycles. The minimum atomic E-state index is -4.40. The number of rotatable bonds is 5. The Morgan fingerprint density at radius 1 is 0.938 bits per heavy atom. The molecule has 0 aliphatic carbocycles. The molecule has 4 aromatic rings. The average Bonchev–Trinajstić information content (AvgIpc) is 3.39. The number of carbonyl (C=O) groups is 2. The molecule has 160 valence electrons. The van der Waals surface area contributed by atoms with Crippen molar-refractivity contribution in [1.29, 1.82) is 0 Å². The molecule has 0 saturated carbocycles. The molecule has 0 radical (unpaired) electrons. The number of benzene rings is 3. The van der Waals surface area contributed by atoms with Crippen LogP contribution in [0.15, 0.2) is 91.1 Å². The summed E-state index contributed by atoms with van der Waals surface area (Å²) in [5, 5.41) is 1.03. The van der Waals surface area contributed by atoms with E-state index in [2.05, 4.69) is 4.98 Å². The predicted molar refractivity (Wildman–Crippen MR) is 126 cm³/mol. The molecule has 1 fully saturated rings. The normalized spacial score (nSPS) is 17.5. The number of hydrogen-bond acceptors (Lipinski definition) is 4. The fraction of sp³-hybridized carbons (Fsp3) is 0.120. The number of fused-ring (bicyclic) bond motifs is 1. The van der Waals surface area contributed by atoms with Crippen molar-refractivity contribution in [3.63, 3.8) is 0 Å². The number of carbonyl (C=O) groups excluding carboxylic acids is 2. The van der Waals surface area contributed by atoms with E-state index in [1.54, 1.807) is 3.12 Å². The molecule has 3 N–H and O–H groups in total. The molecular weight excluding hydrogens is 509 g/mol. The van der Waals surface area contributed by atoms with Crippen molar-refractivity contribution in [1.82, 2.24) is 8.11 Å². The van der Waals surface area contributed by atoms with Crippen molar-refractivity contribution in [3.8, 4) is 0 Å². The van der Waals surface area contributed by atoms with E-state index in [4.69, 9.17) is 8.81 Å². The van der Waals surface area contributed by atoms with Gasteiger partial charge in [0.1, 0.15) is 0 Å². The van der Waals surface area contributed by atoms with Crippen LogP contribution in [0.4, 0.5) is 0 Å². The van der Waals surface area contributed by atoms with Gasteiger partial charge in [-0.3, -0.25) is 0 Å². The van der Waals surface area contributed by atoms with Gasteiger partial charge in [0.05, 0.1) is 0 Å². The first-order valence-corrected chi connectivity index (χ1v) is 15.9. The Labute approximate surface area is 190 Å². The molecule has 0 bridgehead atoms. The van der Waals surface area contributed by atoms with Crippen LogP contribution in [0, 0.1) is 0 Å². The second-order valence-electron chi connectivity index (χ2n) is 7.84. The van der Waals surface area contributed by atoms with Gasteiger partial charge in [-0.15, -0.1) is 0 Å². The zero-order valence-corrected chi connectivity index (χ0v) is 20.3. The van der Waals surface area contributed by atoms with Crippen LogP contribution in [-0.4, -0.2) is 51.6 Å². The van der Waals surface area contributed by atoms with Gasteiger partial charge in [-0.1, -0.05) is 0 Å². The summed E-state index contributed by atoms with van der Waals surface area (Å²) in [4.78, 5) is 30.0. The van der Waals surface area contributed by atoms with Gasteiger partial charge in [0.25, 0.3) is 0 Å². The topological polar surface area (TPSA) is 88.4 Å². The summed E-state index contributed by atoms with van der Waals surface area (Å²) >= 11 is -4.40. The second kappa shape index (κ2) is 8.44. The summed E-state index contributed by atoms with van der Waals surface area (Å²) in [5.41, 5.74) is 7.83. The zero-order valence-electron chi connectivity index (χ0n) is 17.4. The standard InChI is InChI=1S/C13H15N3O3.2C6H5.Sn/c14-6-12(17)16-11(13(18)19)5-8-7-15-10-4-2-1-3-9(8)10;2*1-2-4-6-5-3-1;/h1-4,7,11,15H,5-6,14H2,(H2,16,17,18,19);2*1-5H;/q;;;+2/p-2/t11-;;;/m0.../s1. The van der Waals surface area contributed by atoms with Crippen molar-refractivity contribution in [2.24, 2.45) is 5.73 Å². The monoisotopic (exact) mass is 533 g/mol. The Bertz CT molecular complexity index is 1230. The number of aromatic amines is 1. The van der Waals surface area contributed by atoms with E-state index in [0.29, 0.717) is 6.42 Å². The molecule has 1 atom stereocenters. The number of nitrogens with two attached hydrogens (primary N) is 1. The number of nitrogens with one attached hydrogen (secondary N) is 1. The molecule has 0 unspecified atom stereocenters. The molecule has 0 spiro atoms. The molecule has 1 aliphatic rings. The molecule has 1 aromatic heterocycles.